The normalized spacial score (nSPS) is 11.8. The molecular weight excluding hydrogens is 319 g/mol. The highest BCUT2D eigenvalue weighted by molar-refractivity contribution is 6.34. The molecule has 2 rings (SSSR count). The van der Waals surface area contributed by atoms with Crippen molar-refractivity contribution in [1.29, 1.82) is 0 Å². The summed E-state index contributed by atoms with van der Waals surface area (Å²) in [5.41, 5.74) is 0.0756. The third-order valence-electron chi connectivity index (χ3n) is 3.52. The van der Waals surface area contributed by atoms with Crippen LogP contribution in [0.25, 0.3) is 0 Å². The van der Waals surface area contributed by atoms with E-state index in [0.29, 0.717) is 0 Å². The molecule has 0 amide bonds. The van der Waals surface area contributed by atoms with Gasteiger partial charge in [0, 0.05) is 5.56 Å². The average Bonchev–Trinajstić information content (AvgIpc) is 2.54. The molecule has 2 aromatic rings. The standard InChI is InChI=1S/C18H14ClFO3/c1-11(18(23)12-6-2-4-8-14(12)19)16(21)10-17(22)13-7-3-5-9-15(13)20/h2-9,11H,10H2,1H3. The number of carbonyl (C=O) groups is 3. The van der Waals surface area contributed by atoms with Crippen LogP contribution in [0.3, 0.4) is 0 Å². The molecule has 1 atom stereocenters. The van der Waals surface area contributed by atoms with Gasteiger partial charge in [-0.05, 0) is 31.2 Å². The van der Waals surface area contributed by atoms with Gasteiger partial charge in [0.05, 0.1) is 22.9 Å². The first-order chi connectivity index (χ1) is 10.9. The van der Waals surface area contributed by atoms with Crippen LogP contribution in [0.15, 0.2) is 48.5 Å². The number of hydrogen-bond donors (Lipinski definition) is 0. The summed E-state index contributed by atoms with van der Waals surface area (Å²) in [6, 6.07) is 11.8. The Balaban J connectivity index is 2.12. The summed E-state index contributed by atoms with van der Waals surface area (Å²) in [5.74, 6) is -3.38. The first-order valence-electron chi connectivity index (χ1n) is 7.01. The topological polar surface area (TPSA) is 51.2 Å². The Bertz CT molecular complexity index is 770. The molecule has 0 aliphatic rings. The fraction of sp³-hybridized carbons (Fsp3) is 0.167. The van der Waals surface area contributed by atoms with E-state index in [2.05, 4.69) is 0 Å². The lowest BCUT2D eigenvalue weighted by Gasteiger charge is -2.10. The van der Waals surface area contributed by atoms with Gasteiger partial charge in [-0.3, -0.25) is 14.4 Å². The molecule has 23 heavy (non-hydrogen) atoms. The zero-order valence-electron chi connectivity index (χ0n) is 12.4. The Morgan fingerprint density at radius 1 is 1.00 bits per heavy atom. The minimum absolute atomic E-state index is 0.154. The van der Waals surface area contributed by atoms with Gasteiger partial charge in [0.15, 0.2) is 17.3 Å². The van der Waals surface area contributed by atoms with Crippen LogP contribution in [0.5, 0.6) is 0 Å². The van der Waals surface area contributed by atoms with E-state index >= 15 is 0 Å². The number of Topliss-reactive ketones (excluding diaryl/α,β-unsaturated/α-hetero) is 3. The number of rotatable bonds is 6. The van der Waals surface area contributed by atoms with Crippen molar-refractivity contribution in [1.82, 2.24) is 0 Å². The van der Waals surface area contributed by atoms with E-state index < -0.39 is 35.5 Å². The minimum Gasteiger partial charge on any atom is -0.298 e. The van der Waals surface area contributed by atoms with Crippen molar-refractivity contribution in [2.45, 2.75) is 13.3 Å². The van der Waals surface area contributed by atoms with Crippen molar-refractivity contribution >= 4 is 29.0 Å². The van der Waals surface area contributed by atoms with Crippen molar-refractivity contribution in [3.8, 4) is 0 Å². The smallest absolute Gasteiger partial charge is 0.174 e. The lowest BCUT2D eigenvalue weighted by atomic mass is 9.91. The number of ketones is 3. The van der Waals surface area contributed by atoms with Crippen LogP contribution in [0.4, 0.5) is 4.39 Å². The molecular formula is C18H14ClFO3. The quantitative estimate of drug-likeness (QED) is 0.590. The summed E-state index contributed by atoms with van der Waals surface area (Å²) in [7, 11) is 0. The van der Waals surface area contributed by atoms with Gasteiger partial charge in [-0.1, -0.05) is 35.9 Å². The summed E-state index contributed by atoms with van der Waals surface area (Å²) >= 11 is 5.94. The molecule has 3 nitrogen and oxygen atoms in total. The van der Waals surface area contributed by atoms with Crippen molar-refractivity contribution in [3.63, 3.8) is 0 Å². The van der Waals surface area contributed by atoms with Gasteiger partial charge >= 0.3 is 0 Å². The van der Waals surface area contributed by atoms with Gasteiger partial charge in [0.2, 0.25) is 0 Å². The number of hydrogen-bond acceptors (Lipinski definition) is 3. The molecule has 5 heteroatoms. The number of benzene rings is 2. The largest absolute Gasteiger partial charge is 0.298 e. The fourth-order valence-electron chi connectivity index (χ4n) is 2.13. The molecule has 0 aliphatic carbocycles. The van der Waals surface area contributed by atoms with Crippen molar-refractivity contribution in [2.24, 2.45) is 5.92 Å². The Hall–Kier alpha value is -2.33. The van der Waals surface area contributed by atoms with E-state index in [0.717, 1.165) is 6.07 Å². The second kappa shape index (κ2) is 7.29. The highest BCUT2D eigenvalue weighted by atomic mass is 35.5. The second-order valence-electron chi connectivity index (χ2n) is 5.11. The summed E-state index contributed by atoms with van der Waals surface area (Å²) in [6.07, 6.45) is -0.529. The second-order valence-corrected chi connectivity index (χ2v) is 5.52. The van der Waals surface area contributed by atoms with Gasteiger partial charge in [-0.2, -0.15) is 0 Å². The van der Waals surface area contributed by atoms with E-state index in [-0.39, 0.29) is 16.1 Å². The van der Waals surface area contributed by atoms with Crippen molar-refractivity contribution < 1.29 is 18.8 Å². The molecule has 118 valence electrons. The van der Waals surface area contributed by atoms with E-state index in [4.69, 9.17) is 11.6 Å². The first kappa shape index (κ1) is 17.0. The minimum atomic E-state index is -1.02. The third-order valence-corrected chi connectivity index (χ3v) is 3.85. The molecule has 0 N–H and O–H groups in total. The van der Waals surface area contributed by atoms with E-state index in [1.54, 1.807) is 18.2 Å². The SMILES string of the molecule is CC(C(=O)CC(=O)c1ccccc1F)C(=O)c1ccccc1Cl. The van der Waals surface area contributed by atoms with E-state index in [9.17, 15) is 18.8 Å². The van der Waals surface area contributed by atoms with Gasteiger partial charge in [-0.15, -0.1) is 0 Å². The summed E-state index contributed by atoms with van der Waals surface area (Å²) in [6.45, 7) is 1.42. The fourth-order valence-corrected chi connectivity index (χ4v) is 2.36. The number of carbonyl (C=O) groups excluding carboxylic acids is 3. The van der Waals surface area contributed by atoms with Gasteiger partial charge in [0.25, 0.3) is 0 Å². The first-order valence-corrected chi connectivity index (χ1v) is 7.38. The molecule has 0 aliphatic heterocycles. The van der Waals surface area contributed by atoms with Crippen LogP contribution in [0.1, 0.15) is 34.1 Å². The third kappa shape index (κ3) is 3.90. The van der Waals surface area contributed by atoms with E-state index in [1.165, 1.54) is 31.2 Å². The zero-order valence-corrected chi connectivity index (χ0v) is 13.1. The monoisotopic (exact) mass is 332 g/mol. The Morgan fingerprint density at radius 2 is 1.57 bits per heavy atom. The van der Waals surface area contributed by atoms with Gasteiger partial charge in [0.1, 0.15) is 5.82 Å². The Labute approximate surface area is 138 Å². The molecule has 0 saturated carbocycles. The molecule has 0 bridgehead atoms. The molecule has 0 fully saturated rings. The zero-order chi connectivity index (χ0) is 17.0. The summed E-state index contributed by atoms with van der Waals surface area (Å²) in [5, 5.41) is 0.248. The molecule has 1 unspecified atom stereocenters. The lowest BCUT2D eigenvalue weighted by molar-refractivity contribution is -0.120. The molecule has 0 radical (unpaired) electrons. The Morgan fingerprint density at radius 3 is 2.17 bits per heavy atom. The van der Waals surface area contributed by atoms with E-state index in [1.807, 2.05) is 0 Å². The highest BCUT2D eigenvalue weighted by Crippen LogP contribution is 2.20. The predicted molar refractivity (Wildman–Crippen MR) is 85.3 cm³/mol. The lowest BCUT2D eigenvalue weighted by Crippen LogP contribution is -2.24. The Kier molecular flexibility index (Phi) is 5.40. The maximum absolute atomic E-state index is 13.6. The van der Waals surface area contributed by atoms with Crippen LogP contribution in [0.2, 0.25) is 5.02 Å². The summed E-state index contributed by atoms with van der Waals surface area (Å²) < 4.78 is 13.6. The summed E-state index contributed by atoms with van der Waals surface area (Å²) in [4.78, 5) is 36.5. The van der Waals surface area contributed by atoms with Crippen molar-refractivity contribution in [3.05, 3.63) is 70.5 Å². The van der Waals surface area contributed by atoms with Crippen LogP contribution >= 0.6 is 11.6 Å². The van der Waals surface area contributed by atoms with Crippen LogP contribution in [0, 0.1) is 11.7 Å². The maximum Gasteiger partial charge on any atom is 0.174 e. The molecule has 2 aromatic carbocycles. The van der Waals surface area contributed by atoms with Crippen molar-refractivity contribution in [2.75, 3.05) is 0 Å². The molecule has 0 saturated heterocycles. The van der Waals surface area contributed by atoms with Gasteiger partial charge in [-0.25, -0.2) is 4.39 Å². The van der Waals surface area contributed by atoms with Gasteiger partial charge < -0.3 is 0 Å². The van der Waals surface area contributed by atoms with Crippen LogP contribution < -0.4 is 0 Å². The maximum atomic E-state index is 13.6. The average molecular weight is 333 g/mol. The van der Waals surface area contributed by atoms with Crippen LogP contribution in [-0.4, -0.2) is 17.3 Å². The molecule has 0 heterocycles. The molecule has 0 spiro atoms. The number of halogens is 2. The highest BCUT2D eigenvalue weighted by Gasteiger charge is 2.26. The molecule has 0 aromatic heterocycles. The predicted octanol–water partition coefficient (Wildman–Crippen LogP) is 4.14. The van der Waals surface area contributed by atoms with Crippen LogP contribution in [-0.2, 0) is 4.79 Å².